The summed E-state index contributed by atoms with van der Waals surface area (Å²) in [4.78, 5) is 5.90. The maximum atomic E-state index is 10.1. The van der Waals surface area contributed by atoms with Crippen molar-refractivity contribution in [2.75, 3.05) is 27.9 Å². The molecule has 0 atom stereocenters. The summed E-state index contributed by atoms with van der Waals surface area (Å²) < 4.78 is 24.0. The van der Waals surface area contributed by atoms with Crippen LogP contribution in [-0.2, 0) is 0 Å². The summed E-state index contributed by atoms with van der Waals surface area (Å²) >= 11 is 1.56. The fraction of sp³-hybridized carbons (Fsp3) is 0.407. The lowest BCUT2D eigenvalue weighted by atomic mass is 9.96. The number of nitrogens with zero attached hydrogens (tertiary/aromatic N) is 3. The Morgan fingerprint density at radius 1 is 1.00 bits per heavy atom. The third-order valence-electron chi connectivity index (χ3n) is 6.12. The number of ether oxygens (including phenoxy) is 4. The first-order valence-electron chi connectivity index (χ1n) is 12.1. The maximum absolute atomic E-state index is 10.1. The van der Waals surface area contributed by atoms with Crippen molar-refractivity contribution in [1.82, 2.24) is 4.68 Å². The fourth-order valence-electron chi connectivity index (χ4n) is 4.30. The Balaban J connectivity index is 1.82. The summed E-state index contributed by atoms with van der Waals surface area (Å²) in [7, 11) is 4.79. The van der Waals surface area contributed by atoms with Crippen LogP contribution in [0.25, 0.3) is 11.3 Å². The zero-order valence-electron chi connectivity index (χ0n) is 21.2. The smallest absolute Gasteiger partial charge is 0.206 e. The molecule has 2 aromatic carbocycles. The Bertz CT molecular complexity index is 1250. The van der Waals surface area contributed by atoms with E-state index in [1.165, 1.54) is 19.3 Å². The summed E-state index contributed by atoms with van der Waals surface area (Å²) in [6, 6.07) is 9.29. The summed E-state index contributed by atoms with van der Waals surface area (Å²) in [6.07, 6.45) is 7.62. The first-order chi connectivity index (χ1) is 17.6. The SMILES string of the molecule is CCOc1cc(C=Nn2c(-c3cc(OC)c(OC)c(OC)c3)csc2=NC2CCCCC2)ccc1O. The lowest BCUT2D eigenvalue weighted by Crippen LogP contribution is -2.19. The molecule has 3 aromatic rings. The van der Waals surface area contributed by atoms with E-state index in [9.17, 15) is 5.11 Å². The van der Waals surface area contributed by atoms with Crippen LogP contribution < -0.4 is 23.7 Å². The van der Waals surface area contributed by atoms with Gasteiger partial charge in [-0.3, -0.25) is 4.99 Å². The van der Waals surface area contributed by atoms with Gasteiger partial charge in [0.05, 0.1) is 45.9 Å². The molecule has 0 radical (unpaired) electrons. The predicted molar refractivity (Wildman–Crippen MR) is 142 cm³/mol. The summed E-state index contributed by atoms with van der Waals surface area (Å²) in [6.45, 7) is 2.34. The topological polar surface area (TPSA) is 86.8 Å². The molecule has 1 fully saturated rings. The number of benzene rings is 2. The average Bonchev–Trinajstić information content (AvgIpc) is 3.31. The molecule has 1 N–H and O–H groups in total. The van der Waals surface area contributed by atoms with Gasteiger partial charge in [0.1, 0.15) is 0 Å². The second kappa shape index (κ2) is 12.0. The van der Waals surface area contributed by atoms with E-state index >= 15 is 0 Å². The third kappa shape index (κ3) is 5.67. The molecule has 0 spiro atoms. The van der Waals surface area contributed by atoms with Gasteiger partial charge < -0.3 is 24.1 Å². The van der Waals surface area contributed by atoms with Gasteiger partial charge in [0, 0.05) is 10.9 Å². The van der Waals surface area contributed by atoms with E-state index in [2.05, 4.69) is 0 Å². The van der Waals surface area contributed by atoms with Crippen molar-refractivity contribution in [2.45, 2.75) is 45.1 Å². The molecule has 1 aliphatic carbocycles. The second-order valence-electron chi connectivity index (χ2n) is 8.46. The van der Waals surface area contributed by atoms with E-state index in [1.807, 2.05) is 29.1 Å². The Hall–Kier alpha value is -3.46. The van der Waals surface area contributed by atoms with Gasteiger partial charge in [0.25, 0.3) is 0 Å². The van der Waals surface area contributed by atoms with E-state index in [4.69, 9.17) is 29.0 Å². The number of hydrogen-bond donors (Lipinski definition) is 1. The standard InChI is InChI=1S/C27H33N3O5S/c1-5-35-23-13-18(11-12-22(23)31)16-28-30-21(17-36-27(30)29-20-9-7-6-8-10-20)19-14-24(32-2)26(34-4)25(15-19)33-3/h11-17,20,31H,5-10H2,1-4H3. The third-order valence-corrected chi connectivity index (χ3v) is 6.95. The minimum atomic E-state index is 0.100. The van der Waals surface area contributed by atoms with Crippen LogP contribution in [0.5, 0.6) is 28.7 Å². The van der Waals surface area contributed by atoms with Crippen LogP contribution in [0.3, 0.4) is 0 Å². The van der Waals surface area contributed by atoms with Crippen LogP contribution in [0.15, 0.2) is 45.8 Å². The van der Waals surface area contributed by atoms with Crippen molar-refractivity contribution in [1.29, 1.82) is 0 Å². The molecule has 0 bridgehead atoms. The zero-order valence-corrected chi connectivity index (χ0v) is 22.0. The Kier molecular flexibility index (Phi) is 8.53. The highest BCUT2D eigenvalue weighted by atomic mass is 32.1. The normalized spacial score (nSPS) is 14.8. The number of hydrogen-bond acceptors (Lipinski definition) is 8. The van der Waals surface area contributed by atoms with Crippen molar-refractivity contribution in [3.8, 4) is 40.0 Å². The Morgan fingerprint density at radius 2 is 1.72 bits per heavy atom. The Morgan fingerprint density at radius 3 is 2.36 bits per heavy atom. The monoisotopic (exact) mass is 511 g/mol. The second-order valence-corrected chi connectivity index (χ2v) is 9.29. The van der Waals surface area contributed by atoms with Crippen LogP contribution in [-0.4, -0.2) is 50.0 Å². The average molecular weight is 512 g/mol. The first kappa shape index (κ1) is 25.6. The number of thiazole rings is 1. The van der Waals surface area contributed by atoms with Crippen LogP contribution in [0.2, 0.25) is 0 Å². The summed E-state index contributed by atoms with van der Waals surface area (Å²) in [5.41, 5.74) is 2.52. The van der Waals surface area contributed by atoms with Crippen molar-refractivity contribution in [3.63, 3.8) is 0 Å². The molecular formula is C27H33N3O5S. The number of aromatic nitrogens is 1. The van der Waals surface area contributed by atoms with Gasteiger partial charge in [-0.05, 0) is 55.7 Å². The molecule has 192 valence electrons. The van der Waals surface area contributed by atoms with Crippen molar-refractivity contribution in [3.05, 3.63) is 46.1 Å². The number of rotatable bonds is 9. The van der Waals surface area contributed by atoms with E-state index in [-0.39, 0.29) is 5.75 Å². The largest absolute Gasteiger partial charge is 0.504 e. The van der Waals surface area contributed by atoms with Gasteiger partial charge in [-0.15, -0.1) is 11.3 Å². The predicted octanol–water partition coefficient (Wildman–Crippen LogP) is 5.46. The molecule has 8 nitrogen and oxygen atoms in total. The van der Waals surface area contributed by atoms with Gasteiger partial charge in [0.2, 0.25) is 10.6 Å². The molecular weight excluding hydrogens is 478 g/mol. The lowest BCUT2D eigenvalue weighted by molar-refractivity contribution is 0.318. The lowest BCUT2D eigenvalue weighted by Gasteiger charge is -2.17. The van der Waals surface area contributed by atoms with Crippen LogP contribution in [0, 0.1) is 0 Å². The van der Waals surface area contributed by atoms with E-state index < -0.39 is 0 Å². The van der Waals surface area contributed by atoms with Gasteiger partial charge in [0.15, 0.2) is 23.0 Å². The van der Waals surface area contributed by atoms with Gasteiger partial charge in [-0.2, -0.15) is 5.10 Å². The molecule has 1 saturated carbocycles. The molecule has 9 heteroatoms. The molecule has 4 rings (SSSR count). The van der Waals surface area contributed by atoms with Crippen molar-refractivity contribution < 1.29 is 24.1 Å². The minimum absolute atomic E-state index is 0.100. The highest BCUT2D eigenvalue weighted by Crippen LogP contribution is 2.41. The van der Waals surface area contributed by atoms with Gasteiger partial charge in [-0.25, -0.2) is 4.68 Å². The highest BCUT2D eigenvalue weighted by molar-refractivity contribution is 7.07. The van der Waals surface area contributed by atoms with E-state index in [0.717, 1.165) is 34.5 Å². The molecule has 0 saturated heterocycles. The number of aromatic hydroxyl groups is 1. The molecule has 36 heavy (non-hydrogen) atoms. The molecule has 1 aliphatic rings. The number of phenols is 1. The van der Waals surface area contributed by atoms with E-state index in [1.54, 1.807) is 57.1 Å². The van der Waals surface area contributed by atoms with Crippen molar-refractivity contribution >= 4 is 17.6 Å². The zero-order chi connectivity index (χ0) is 25.5. The molecule has 1 heterocycles. The fourth-order valence-corrected chi connectivity index (χ4v) is 5.21. The quantitative estimate of drug-likeness (QED) is 0.386. The molecule has 0 unspecified atom stereocenters. The van der Waals surface area contributed by atoms with E-state index in [0.29, 0.717) is 35.6 Å². The highest BCUT2D eigenvalue weighted by Gasteiger charge is 2.18. The molecule has 1 aromatic heterocycles. The van der Waals surface area contributed by atoms with Crippen LogP contribution in [0.4, 0.5) is 0 Å². The number of phenolic OH excluding ortho intramolecular Hbond substituents is 1. The van der Waals surface area contributed by atoms with Crippen LogP contribution >= 0.6 is 11.3 Å². The summed E-state index contributed by atoms with van der Waals surface area (Å²) in [5.74, 6) is 2.20. The maximum Gasteiger partial charge on any atom is 0.206 e. The molecule has 0 amide bonds. The minimum Gasteiger partial charge on any atom is -0.504 e. The van der Waals surface area contributed by atoms with Crippen LogP contribution in [0.1, 0.15) is 44.6 Å². The van der Waals surface area contributed by atoms with Crippen molar-refractivity contribution in [2.24, 2.45) is 10.1 Å². The number of methoxy groups -OCH3 is 3. The first-order valence-corrected chi connectivity index (χ1v) is 13.0. The Labute approximate surface area is 215 Å². The van der Waals surface area contributed by atoms with Gasteiger partial charge in [-0.1, -0.05) is 19.3 Å². The van der Waals surface area contributed by atoms with Gasteiger partial charge >= 0.3 is 0 Å². The summed E-state index contributed by atoms with van der Waals surface area (Å²) in [5, 5.41) is 16.9. The molecule has 0 aliphatic heterocycles.